The van der Waals surface area contributed by atoms with Crippen molar-refractivity contribution in [3.05, 3.63) is 40.6 Å². The third-order valence-electron chi connectivity index (χ3n) is 5.69. The molecule has 0 spiro atoms. The Balaban J connectivity index is 1.37. The summed E-state index contributed by atoms with van der Waals surface area (Å²) in [4.78, 5) is 31.8. The van der Waals surface area contributed by atoms with Crippen LogP contribution in [-0.2, 0) is 4.79 Å². The maximum atomic E-state index is 14.5. The van der Waals surface area contributed by atoms with Gasteiger partial charge in [0.05, 0.1) is 30.5 Å². The van der Waals surface area contributed by atoms with Gasteiger partial charge in [0.25, 0.3) is 11.5 Å². The van der Waals surface area contributed by atoms with Crippen LogP contribution in [0.1, 0.15) is 37.8 Å². The van der Waals surface area contributed by atoms with Gasteiger partial charge in [-0.05, 0) is 31.7 Å². The molecule has 1 aliphatic carbocycles. The van der Waals surface area contributed by atoms with E-state index in [0.717, 1.165) is 6.20 Å². The molecular weight excluding hydrogens is 410 g/mol. The molecule has 3 heterocycles. The average molecular weight is 434 g/mol. The lowest BCUT2D eigenvalue weighted by Gasteiger charge is -2.40. The van der Waals surface area contributed by atoms with Gasteiger partial charge in [-0.15, -0.1) is 10.2 Å². The van der Waals surface area contributed by atoms with Crippen molar-refractivity contribution >= 4 is 11.7 Å². The van der Waals surface area contributed by atoms with E-state index in [9.17, 15) is 18.4 Å². The minimum absolute atomic E-state index is 0.0566. The van der Waals surface area contributed by atoms with Crippen LogP contribution in [0.2, 0.25) is 0 Å². The van der Waals surface area contributed by atoms with Crippen LogP contribution in [0.4, 0.5) is 14.6 Å². The van der Waals surface area contributed by atoms with Crippen LogP contribution in [-0.4, -0.2) is 62.6 Å². The van der Waals surface area contributed by atoms with E-state index in [4.69, 9.17) is 4.74 Å². The quantitative estimate of drug-likeness (QED) is 0.683. The largest absolute Gasteiger partial charge is 0.476 e. The summed E-state index contributed by atoms with van der Waals surface area (Å²) in [5, 5.41) is 10.6. The van der Waals surface area contributed by atoms with Gasteiger partial charge in [-0.3, -0.25) is 19.5 Å². The van der Waals surface area contributed by atoms with E-state index >= 15 is 0 Å². The van der Waals surface area contributed by atoms with Gasteiger partial charge in [0, 0.05) is 31.8 Å². The standard InChI is InChI=1S/C20H24F2N6O3/c1-12(19(30)25-16-4-5-18(27-26-16)31-11-13-2-3-13)28-7-6-20(21,22)14(10-28)15-8-24-17(29)9-23-15/h4-5,8-9,12-14H,2-3,6-7,10-11H2,1H3,(H,24,29)(H,25,26,30)/t12-,14+/m0/s1. The van der Waals surface area contributed by atoms with Crippen LogP contribution < -0.4 is 15.6 Å². The van der Waals surface area contributed by atoms with Gasteiger partial charge in [-0.25, -0.2) is 8.78 Å². The Morgan fingerprint density at radius 3 is 2.84 bits per heavy atom. The van der Waals surface area contributed by atoms with Crippen LogP contribution in [0.3, 0.4) is 0 Å². The summed E-state index contributed by atoms with van der Waals surface area (Å²) < 4.78 is 34.5. The molecule has 2 N–H and O–H groups in total. The highest BCUT2D eigenvalue weighted by molar-refractivity contribution is 5.93. The Morgan fingerprint density at radius 2 is 2.19 bits per heavy atom. The Labute approximate surface area is 177 Å². The van der Waals surface area contributed by atoms with Crippen molar-refractivity contribution < 1.29 is 18.3 Å². The third kappa shape index (κ3) is 5.22. The van der Waals surface area contributed by atoms with E-state index in [0.29, 0.717) is 18.4 Å². The summed E-state index contributed by atoms with van der Waals surface area (Å²) in [7, 11) is 0. The molecule has 2 aliphatic rings. The second-order valence-electron chi connectivity index (χ2n) is 8.07. The predicted molar refractivity (Wildman–Crippen MR) is 107 cm³/mol. The monoisotopic (exact) mass is 434 g/mol. The first-order valence-electron chi connectivity index (χ1n) is 10.3. The Morgan fingerprint density at radius 1 is 1.39 bits per heavy atom. The van der Waals surface area contributed by atoms with Gasteiger partial charge in [-0.2, -0.15) is 0 Å². The normalized spacial score (nSPS) is 22.0. The van der Waals surface area contributed by atoms with E-state index in [1.165, 1.54) is 19.0 Å². The smallest absolute Gasteiger partial charge is 0.266 e. The number of piperidine rings is 1. The van der Waals surface area contributed by atoms with Crippen LogP contribution in [0.25, 0.3) is 0 Å². The zero-order valence-electron chi connectivity index (χ0n) is 17.1. The number of carbonyl (C=O) groups is 1. The van der Waals surface area contributed by atoms with Crippen LogP contribution in [0, 0.1) is 5.92 Å². The molecule has 0 unspecified atom stereocenters. The number of nitrogens with one attached hydrogen (secondary N) is 2. The highest BCUT2D eigenvalue weighted by atomic mass is 19.3. The van der Waals surface area contributed by atoms with Crippen molar-refractivity contribution in [1.82, 2.24) is 25.1 Å². The molecule has 0 radical (unpaired) electrons. The highest BCUT2D eigenvalue weighted by Gasteiger charge is 2.47. The molecule has 2 atom stereocenters. The molecule has 1 saturated carbocycles. The first kappa shape index (κ1) is 21.3. The maximum Gasteiger partial charge on any atom is 0.266 e. The van der Waals surface area contributed by atoms with E-state index in [2.05, 4.69) is 25.5 Å². The summed E-state index contributed by atoms with van der Waals surface area (Å²) >= 11 is 0. The van der Waals surface area contributed by atoms with Crippen LogP contribution >= 0.6 is 0 Å². The summed E-state index contributed by atoms with van der Waals surface area (Å²) in [6.45, 7) is 2.25. The van der Waals surface area contributed by atoms with E-state index < -0.39 is 29.9 Å². The Hall–Kier alpha value is -2.95. The van der Waals surface area contributed by atoms with Crippen LogP contribution in [0.15, 0.2) is 29.3 Å². The zero-order valence-corrected chi connectivity index (χ0v) is 17.1. The number of aromatic amines is 1. The molecule has 9 nitrogen and oxygen atoms in total. The summed E-state index contributed by atoms with van der Waals surface area (Å²) in [6.07, 6.45) is 4.11. The van der Waals surface area contributed by atoms with Gasteiger partial charge in [0.2, 0.25) is 11.8 Å². The summed E-state index contributed by atoms with van der Waals surface area (Å²) in [6, 6.07) is 2.56. The Bertz CT molecular complexity index is 959. The number of likely N-dealkylation sites (tertiary alicyclic amines) is 1. The molecule has 4 rings (SSSR count). The number of ether oxygens (including phenoxy) is 1. The number of hydrogen-bond acceptors (Lipinski definition) is 7. The van der Waals surface area contributed by atoms with Crippen molar-refractivity contribution in [2.45, 2.75) is 44.1 Å². The van der Waals surface area contributed by atoms with Gasteiger partial charge in [0.1, 0.15) is 0 Å². The van der Waals surface area contributed by atoms with E-state index in [1.54, 1.807) is 24.0 Å². The number of aromatic nitrogens is 4. The highest BCUT2D eigenvalue weighted by Crippen LogP contribution is 2.39. The number of hydrogen-bond donors (Lipinski definition) is 2. The van der Waals surface area contributed by atoms with Crippen molar-refractivity contribution in [2.24, 2.45) is 5.92 Å². The van der Waals surface area contributed by atoms with Crippen molar-refractivity contribution in [2.75, 3.05) is 25.0 Å². The summed E-state index contributed by atoms with van der Waals surface area (Å²) in [5.74, 6) is -3.34. The molecule has 2 aromatic heterocycles. The SMILES string of the molecule is C[C@@H](C(=O)Nc1ccc(OCC2CC2)nn1)N1CCC(F)(F)[C@@H](c2c[nH]c(=O)cn2)C1. The third-order valence-corrected chi connectivity index (χ3v) is 5.69. The maximum absolute atomic E-state index is 14.5. The fourth-order valence-corrected chi connectivity index (χ4v) is 3.48. The van der Waals surface area contributed by atoms with E-state index in [1.807, 2.05) is 0 Å². The van der Waals surface area contributed by atoms with E-state index in [-0.39, 0.29) is 30.5 Å². The number of H-pyrrole nitrogens is 1. The predicted octanol–water partition coefficient (Wildman–Crippen LogP) is 1.80. The number of anilines is 1. The average Bonchev–Trinajstić information content (AvgIpc) is 3.58. The number of alkyl halides is 2. The molecule has 2 aromatic rings. The molecule has 0 aromatic carbocycles. The first-order chi connectivity index (χ1) is 14.8. The van der Waals surface area contributed by atoms with Crippen molar-refractivity contribution in [1.29, 1.82) is 0 Å². The number of nitrogens with zero attached hydrogens (tertiary/aromatic N) is 4. The molecule has 2 fully saturated rings. The molecule has 0 bridgehead atoms. The molecule has 11 heteroatoms. The fraction of sp³-hybridized carbons (Fsp3) is 0.550. The topological polar surface area (TPSA) is 113 Å². The summed E-state index contributed by atoms with van der Waals surface area (Å²) in [5.41, 5.74) is -0.368. The molecule has 1 saturated heterocycles. The number of amides is 1. The first-order valence-corrected chi connectivity index (χ1v) is 10.3. The minimum atomic E-state index is -2.99. The number of carbonyl (C=O) groups excluding carboxylic acids is 1. The lowest BCUT2D eigenvalue weighted by Crippen LogP contribution is -2.52. The molecule has 31 heavy (non-hydrogen) atoms. The second kappa shape index (κ2) is 8.66. The van der Waals surface area contributed by atoms with Crippen molar-refractivity contribution in [3.8, 4) is 5.88 Å². The van der Waals surface area contributed by atoms with Gasteiger partial charge in [-0.1, -0.05) is 0 Å². The lowest BCUT2D eigenvalue weighted by molar-refractivity contribution is -0.125. The van der Waals surface area contributed by atoms with Crippen molar-refractivity contribution in [3.63, 3.8) is 0 Å². The Kier molecular flexibility index (Phi) is 5.94. The molecular formula is C20H24F2N6O3. The zero-order chi connectivity index (χ0) is 22.0. The second-order valence-corrected chi connectivity index (χ2v) is 8.07. The van der Waals surface area contributed by atoms with Gasteiger partial charge < -0.3 is 15.0 Å². The van der Waals surface area contributed by atoms with Gasteiger partial charge in [0.15, 0.2) is 5.82 Å². The molecule has 166 valence electrons. The number of halogens is 2. The lowest BCUT2D eigenvalue weighted by atomic mass is 9.90. The minimum Gasteiger partial charge on any atom is -0.476 e. The van der Waals surface area contributed by atoms with Crippen LogP contribution in [0.5, 0.6) is 5.88 Å². The fourth-order valence-electron chi connectivity index (χ4n) is 3.48. The number of rotatable bonds is 7. The molecule has 1 amide bonds. The van der Waals surface area contributed by atoms with Gasteiger partial charge >= 0.3 is 0 Å². The molecule has 1 aliphatic heterocycles.